The minimum absolute atomic E-state index is 0.0240. The summed E-state index contributed by atoms with van der Waals surface area (Å²) in [5, 5.41) is 2.84. The maximum atomic E-state index is 13.0. The van der Waals surface area contributed by atoms with Crippen molar-refractivity contribution in [1.82, 2.24) is 5.32 Å². The molecule has 33 heavy (non-hydrogen) atoms. The molecule has 2 aliphatic heterocycles. The van der Waals surface area contributed by atoms with Gasteiger partial charge in [0.05, 0.1) is 22.9 Å². The quantitative estimate of drug-likeness (QED) is 0.579. The number of nitrogens with zero attached hydrogens (tertiary/aromatic N) is 1. The molecule has 1 atom stereocenters. The molecule has 1 N–H and O–H groups in total. The number of benzene rings is 3. The summed E-state index contributed by atoms with van der Waals surface area (Å²) in [6.07, 6.45) is 1.93. The molecule has 166 valence electrons. The normalized spacial score (nSPS) is 17.2. The highest BCUT2D eigenvalue weighted by Gasteiger charge is 2.37. The lowest BCUT2D eigenvalue weighted by Gasteiger charge is -2.14. The van der Waals surface area contributed by atoms with Crippen molar-refractivity contribution in [3.63, 3.8) is 0 Å². The van der Waals surface area contributed by atoms with Crippen molar-refractivity contribution >= 4 is 23.4 Å². The number of hydrogen-bond donors (Lipinski definition) is 1. The standard InChI is InChI=1S/C26H22N2O5/c29-24(27-16-21-7-4-14-32-21)17-8-13-22-23(15-17)26(31)28(25(22)30)18-9-11-20(12-10-18)33-19-5-2-1-3-6-19/h1-3,5-6,8-13,15,21H,4,7,14,16H2,(H,27,29). The number of imide groups is 1. The lowest BCUT2D eigenvalue weighted by Crippen LogP contribution is -2.31. The summed E-state index contributed by atoms with van der Waals surface area (Å²) in [6, 6.07) is 20.6. The molecule has 0 radical (unpaired) electrons. The van der Waals surface area contributed by atoms with Gasteiger partial charge >= 0.3 is 0 Å². The molecule has 3 aromatic rings. The Balaban J connectivity index is 1.31. The first-order chi connectivity index (χ1) is 16.1. The average Bonchev–Trinajstić information content (AvgIpc) is 3.45. The van der Waals surface area contributed by atoms with Crippen LogP contribution in [0.5, 0.6) is 11.5 Å². The van der Waals surface area contributed by atoms with Crippen LogP contribution in [-0.4, -0.2) is 37.0 Å². The Morgan fingerprint density at radius 3 is 2.39 bits per heavy atom. The second kappa shape index (κ2) is 8.88. The molecular formula is C26H22N2O5. The van der Waals surface area contributed by atoms with E-state index in [0.717, 1.165) is 17.7 Å². The molecular weight excluding hydrogens is 420 g/mol. The van der Waals surface area contributed by atoms with Crippen molar-refractivity contribution in [1.29, 1.82) is 0 Å². The molecule has 3 amide bonds. The average molecular weight is 442 g/mol. The maximum absolute atomic E-state index is 13.0. The van der Waals surface area contributed by atoms with E-state index >= 15 is 0 Å². The van der Waals surface area contributed by atoms with Gasteiger partial charge in [0.1, 0.15) is 11.5 Å². The molecule has 7 heteroatoms. The van der Waals surface area contributed by atoms with Crippen LogP contribution in [0.2, 0.25) is 0 Å². The topological polar surface area (TPSA) is 84.9 Å². The Labute approximate surface area is 190 Å². The zero-order valence-corrected chi connectivity index (χ0v) is 17.8. The van der Waals surface area contributed by atoms with Crippen molar-refractivity contribution in [2.45, 2.75) is 18.9 Å². The van der Waals surface area contributed by atoms with Crippen molar-refractivity contribution in [2.75, 3.05) is 18.1 Å². The number of ether oxygens (including phenoxy) is 2. The van der Waals surface area contributed by atoms with Gasteiger partial charge in [-0.15, -0.1) is 0 Å². The van der Waals surface area contributed by atoms with Gasteiger partial charge in [-0.05, 0) is 67.4 Å². The summed E-state index contributed by atoms with van der Waals surface area (Å²) < 4.78 is 11.3. The van der Waals surface area contributed by atoms with Crippen molar-refractivity contribution < 1.29 is 23.9 Å². The SMILES string of the molecule is O=C(NCC1CCCO1)c1ccc2c(c1)C(=O)N(c1ccc(Oc3ccccc3)cc1)C2=O. The molecule has 0 aliphatic carbocycles. The summed E-state index contributed by atoms with van der Waals surface area (Å²) in [4.78, 5) is 39.6. The molecule has 2 heterocycles. The van der Waals surface area contributed by atoms with E-state index < -0.39 is 11.8 Å². The smallest absolute Gasteiger partial charge is 0.266 e. The predicted octanol–water partition coefficient (Wildman–Crippen LogP) is 4.19. The Kier molecular flexibility index (Phi) is 5.62. The Hall–Kier alpha value is -3.97. The lowest BCUT2D eigenvalue weighted by molar-refractivity contribution is 0.0857. The monoisotopic (exact) mass is 442 g/mol. The zero-order valence-electron chi connectivity index (χ0n) is 17.8. The number of para-hydroxylation sites is 1. The van der Waals surface area contributed by atoms with Crippen LogP contribution in [0, 0.1) is 0 Å². The van der Waals surface area contributed by atoms with Gasteiger partial charge in [-0.2, -0.15) is 0 Å². The summed E-state index contributed by atoms with van der Waals surface area (Å²) in [7, 11) is 0. The number of amides is 3. The number of fused-ring (bicyclic) bond motifs is 1. The van der Waals surface area contributed by atoms with E-state index in [1.54, 1.807) is 30.3 Å². The molecule has 0 aromatic heterocycles. The molecule has 2 aliphatic rings. The third-order valence-corrected chi connectivity index (χ3v) is 5.74. The molecule has 0 bridgehead atoms. The van der Waals surface area contributed by atoms with E-state index in [9.17, 15) is 14.4 Å². The van der Waals surface area contributed by atoms with Crippen LogP contribution in [0.4, 0.5) is 5.69 Å². The number of hydrogen-bond acceptors (Lipinski definition) is 5. The highest BCUT2D eigenvalue weighted by atomic mass is 16.5. The van der Waals surface area contributed by atoms with Gasteiger partial charge in [0, 0.05) is 18.7 Å². The van der Waals surface area contributed by atoms with Crippen LogP contribution in [0.3, 0.4) is 0 Å². The van der Waals surface area contributed by atoms with E-state index in [2.05, 4.69) is 5.32 Å². The Morgan fingerprint density at radius 1 is 0.939 bits per heavy atom. The molecule has 1 unspecified atom stereocenters. The summed E-state index contributed by atoms with van der Waals surface area (Å²) in [5.74, 6) is 0.107. The van der Waals surface area contributed by atoms with E-state index in [-0.39, 0.29) is 23.1 Å². The first kappa shape index (κ1) is 20.9. The Morgan fingerprint density at radius 2 is 1.67 bits per heavy atom. The lowest BCUT2D eigenvalue weighted by atomic mass is 10.1. The highest BCUT2D eigenvalue weighted by molar-refractivity contribution is 6.34. The highest BCUT2D eigenvalue weighted by Crippen LogP contribution is 2.31. The largest absolute Gasteiger partial charge is 0.457 e. The van der Waals surface area contributed by atoms with Crippen LogP contribution in [0.1, 0.15) is 43.9 Å². The van der Waals surface area contributed by atoms with E-state index in [1.807, 2.05) is 30.3 Å². The van der Waals surface area contributed by atoms with E-state index in [4.69, 9.17) is 9.47 Å². The molecule has 5 rings (SSSR count). The maximum Gasteiger partial charge on any atom is 0.266 e. The fourth-order valence-corrected chi connectivity index (χ4v) is 4.02. The van der Waals surface area contributed by atoms with Gasteiger partial charge in [-0.3, -0.25) is 14.4 Å². The molecule has 3 aromatic carbocycles. The van der Waals surface area contributed by atoms with Gasteiger partial charge in [-0.25, -0.2) is 4.90 Å². The van der Waals surface area contributed by atoms with E-state index in [0.29, 0.717) is 35.9 Å². The fourth-order valence-electron chi connectivity index (χ4n) is 4.02. The van der Waals surface area contributed by atoms with E-state index in [1.165, 1.54) is 12.1 Å². The fraction of sp³-hybridized carbons (Fsp3) is 0.192. The molecule has 1 fully saturated rings. The summed E-state index contributed by atoms with van der Waals surface area (Å²) >= 11 is 0. The third-order valence-electron chi connectivity index (χ3n) is 5.74. The number of anilines is 1. The van der Waals surface area contributed by atoms with Crippen molar-refractivity contribution in [3.05, 3.63) is 89.5 Å². The van der Waals surface area contributed by atoms with Gasteiger partial charge in [0.15, 0.2) is 0 Å². The molecule has 0 spiro atoms. The van der Waals surface area contributed by atoms with Crippen LogP contribution in [0.25, 0.3) is 0 Å². The first-order valence-corrected chi connectivity index (χ1v) is 10.9. The van der Waals surface area contributed by atoms with Gasteiger partial charge in [0.25, 0.3) is 17.7 Å². The van der Waals surface area contributed by atoms with Crippen LogP contribution < -0.4 is 15.0 Å². The van der Waals surface area contributed by atoms with Gasteiger partial charge in [-0.1, -0.05) is 18.2 Å². The van der Waals surface area contributed by atoms with Crippen molar-refractivity contribution in [3.8, 4) is 11.5 Å². The number of carbonyl (C=O) groups is 3. The number of rotatable bonds is 6. The Bertz CT molecular complexity index is 1200. The van der Waals surface area contributed by atoms with Gasteiger partial charge < -0.3 is 14.8 Å². The minimum atomic E-state index is -0.458. The van der Waals surface area contributed by atoms with Crippen LogP contribution >= 0.6 is 0 Å². The summed E-state index contributed by atoms with van der Waals surface area (Å²) in [5.41, 5.74) is 1.27. The second-order valence-corrected chi connectivity index (χ2v) is 7.96. The second-order valence-electron chi connectivity index (χ2n) is 7.96. The minimum Gasteiger partial charge on any atom is -0.457 e. The number of nitrogens with one attached hydrogen (secondary N) is 1. The van der Waals surface area contributed by atoms with Gasteiger partial charge in [0.2, 0.25) is 0 Å². The first-order valence-electron chi connectivity index (χ1n) is 10.9. The molecule has 1 saturated heterocycles. The van der Waals surface area contributed by atoms with Crippen molar-refractivity contribution in [2.24, 2.45) is 0 Å². The summed E-state index contributed by atoms with van der Waals surface area (Å²) in [6.45, 7) is 1.14. The molecule has 0 saturated carbocycles. The zero-order chi connectivity index (χ0) is 22.8. The molecule has 7 nitrogen and oxygen atoms in total. The van der Waals surface area contributed by atoms with Crippen LogP contribution in [-0.2, 0) is 4.74 Å². The third kappa shape index (κ3) is 4.23. The number of carbonyl (C=O) groups excluding carboxylic acids is 3. The van der Waals surface area contributed by atoms with Crippen LogP contribution in [0.15, 0.2) is 72.8 Å². The predicted molar refractivity (Wildman–Crippen MR) is 122 cm³/mol.